The molecule has 0 bridgehead atoms. The lowest BCUT2D eigenvalue weighted by Gasteiger charge is -2.30. The number of hydrogen-bond donors (Lipinski definition) is 3. The Morgan fingerprint density at radius 2 is 2.08 bits per heavy atom. The molecule has 3 aliphatic rings. The molecule has 2 aromatic rings. The van der Waals surface area contributed by atoms with Crippen molar-refractivity contribution in [3.05, 3.63) is 35.3 Å². The molecule has 3 N–H and O–H groups in total. The van der Waals surface area contributed by atoms with Crippen LogP contribution in [-0.2, 0) is 27.2 Å². The molecular weight excluding hydrogens is 521 g/mol. The fourth-order valence-corrected chi connectivity index (χ4v) is 4.90. The quantitative estimate of drug-likeness (QED) is 0.396. The molecular formula is C27H34FN7O5. The molecule has 0 saturated carbocycles. The lowest BCUT2D eigenvalue weighted by molar-refractivity contribution is -0.124. The topological polar surface area (TPSA) is 138 Å². The highest BCUT2D eigenvalue weighted by Gasteiger charge is 2.35. The monoisotopic (exact) mass is 555 g/mol. The second-order valence-corrected chi connectivity index (χ2v) is 11.1. The Morgan fingerprint density at radius 3 is 2.85 bits per heavy atom. The molecule has 1 fully saturated rings. The number of cyclic esters (lactones) is 1. The van der Waals surface area contributed by atoms with Crippen LogP contribution in [0, 0.1) is 11.7 Å². The summed E-state index contributed by atoms with van der Waals surface area (Å²) in [6.07, 6.45) is 2.47. The third-order valence-corrected chi connectivity index (χ3v) is 7.77. The van der Waals surface area contributed by atoms with Crippen LogP contribution in [0.15, 0.2) is 18.3 Å². The van der Waals surface area contributed by atoms with Crippen LogP contribution in [0.2, 0.25) is 0 Å². The van der Waals surface area contributed by atoms with Crippen molar-refractivity contribution in [2.45, 2.75) is 44.8 Å². The number of carbonyl (C=O) groups excluding carboxylic acids is 3. The molecule has 3 heterocycles. The van der Waals surface area contributed by atoms with E-state index in [1.807, 2.05) is 38.9 Å². The van der Waals surface area contributed by atoms with Gasteiger partial charge in [-0.15, -0.1) is 0 Å². The third-order valence-electron chi connectivity index (χ3n) is 7.77. The van der Waals surface area contributed by atoms with Gasteiger partial charge in [-0.1, -0.05) is 0 Å². The molecule has 214 valence electrons. The molecule has 12 nitrogen and oxygen atoms in total. The molecule has 40 heavy (non-hydrogen) atoms. The number of nitrogens with zero attached hydrogens (tertiary/aromatic N) is 4. The van der Waals surface area contributed by atoms with Gasteiger partial charge in [-0.3, -0.25) is 19.4 Å². The zero-order chi connectivity index (χ0) is 28.6. The van der Waals surface area contributed by atoms with Crippen LogP contribution in [0.5, 0.6) is 5.88 Å². The largest absolute Gasteiger partial charge is 0.465 e. The van der Waals surface area contributed by atoms with Gasteiger partial charge in [-0.25, -0.2) is 19.2 Å². The van der Waals surface area contributed by atoms with Gasteiger partial charge in [0, 0.05) is 5.69 Å². The standard InChI is InChI=1S/C27H34FN7O5/c1-27(2,34(3)4)25(37)31-17-9-16-7-15(8-19(16)20(28)10-17)11-29-6-5-18-13-35(26(38)40-18)21-12-30-24-23(32-21)33-22(36)14-39-24/h9-10,12,15,18,29H,5-8,11,13-14H2,1-4H3,(H,31,37)(H,32,33,36). The van der Waals surface area contributed by atoms with Gasteiger partial charge in [0.15, 0.2) is 18.2 Å². The highest BCUT2D eigenvalue weighted by molar-refractivity contribution is 5.97. The maximum atomic E-state index is 14.9. The number of nitrogens with one attached hydrogen (secondary N) is 3. The summed E-state index contributed by atoms with van der Waals surface area (Å²) in [6.45, 7) is 5.11. The van der Waals surface area contributed by atoms with E-state index in [4.69, 9.17) is 9.47 Å². The van der Waals surface area contributed by atoms with E-state index in [-0.39, 0.29) is 53.8 Å². The van der Waals surface area contributed by atoms with Crippen LogP contribution in [0.25, 0.3) is 0 Å². The molecule has 13 heteroatoms. The number of ether oxygens (including phenoxy) is 2. The van der Waals surface area contributed by atoms with Gasteiger partial charge in [-0.05, 0) is 89.5 Å². The number of likely N-dealkylation sites (N-methyl/N-ethyl adjacent to an activating group) is 1. The first-order valence-corrected chi connectivity index (χ1v) is 13.3. The van der Waals surface area contributed by atoms with E-state index in [1.54, 1.807) is 0 Å². The number of aromatic nitrogens is 2. The fraction of sp³-hybridized carbons (Fsp3) is 0.519. The van der Waals surface area contributed by atoms with Gasteiger partial charge in [0.1, 0.15) is 11.9 Å². The number of benzene rings is 1. The van der Waals surface area contributed by atoms with E-state index in [9.17, 15) is 18.8 Å². The minimum absolute atomic E-state index is 0.126. The summed E-state index contributed by atoms with van der Waals surface area (Å²) in [5, 5.41) is 8.84. The minimum Gasteiger partial charge on any atom is -0.465 e. The van der Waals surface area contributed by atoms with E-state index in [1.165, 1.54) is 17.2 Å². The SMILES string of the molecule is CN(C)C(C)(C)C(=O)Nc1cc(F)c2c(c1)CC(CNCCC1CN(c3cnc4c(n3)NC(=O)CO4)C(=O)O1)C2. The fourth-order valence-electron chi connectivity index (χ4n) is 4.90. The Kier molecular flexibility index (Phi) is 7.60. The smallest absolute Gasteiger partial charge is 0.415 e. The average molecular weight is 556 g/mol. The molecule has 5 rings (SSSR count). The van der Waals surface area contributed by atoms with E-state index < -0.39 is 11.6 Å². The van der Waals surface area contributed by atoms with Gasteiger partial charge in [-0.2, -0.15) is 0 Å². The molecule has 1 aromatic carbocycles. The average Bonchev–Trinajstić information content (AvgIpc) is 3.49. The summed E-state index contributed by atoms with van der Waals surface area (Å²) in [5.41, 5.74) is 1.35. The second-order valence-electron chi connectivity index (χ2n) is 11.1. The van der Waals surface area contributed by atoms with E-state index in [0.717, 1.165) is 5.56 Å². The van der Waals surface area contributed by atoms with Crippen molar-refractivity contribution in [1.82, 2.24) is 20.2 Å². The molecule has 0 spiro atoms. The molecule has 1 aromatic heterocycles. The van der Waals surface area contributed by atoms with E-state index in [2.05, 4.69) is 25.9 Å². The number of rotatable bonds is 9. The predicted octanol–water partition coefficient (Wildman–Crippen LogP) is 1.95. The van der Waals surface area contributed by atoms with Crippen LogP contribution in [0.4, 0.5) is 26.5 Å². The number of hydrogen-bond acceptors (Lipinski definition) is 9. The van der Waals surface area contributed by atoms with Gasteiger partial charge in [0.2, 0.25) is 5.91 Å². The lowest BCUT2D eigenvalue weighted by Crippen LogP contribution is -2.48. The highest BCUT2D eigenvalue weighted by Crippen LogP contribution is 2.32. The van der Waals surface area contributed by atoms with Crippen LogP contribution >= 0.6 is 0 Å². The van der Waals surface area contributed by atoms with Crippen molar-refractivity contribution >= 4 is 35.2 Å². The first-order valence-electron chi connectivity index (χ1n) is 13.3. The van der Waals surface area contributed by atoms with Gasteiger partial charge in [0.05, 0.1) is 18.3 Å². The second kappa shape index (κ2) is 11.0. The normalized spacial score (nSPS) is 20.1. The summed E-state index contributed by atoms with van der Waals surface area (Å²) < 4.78 is 25.6. The summed E-state index contributed by atoms with van der Waals surface area (Å²) in [5.74, 6) is 0.0470. The summed E-state index contributed by atoms with van der Waals surface area (Å²) in [7, 11) is 3.66. The van der Waals surface area contributed by atoms with Crippen LogP contribution in [0.3, 0.4) is 0 Å². The van der Waals surface area contributed by atoms with Crippen molar-refractivity contribution in [3.63, 3.8) is 0 Å². The van der Waals surface area contributed by atoms with Crippen molar-refractivity contribution in [2.24, 2.45) is 5.92 Å². The van der Waals surface area contributed by atoms with Crippen molar-refractivity contribution in [3.8, 4) is 5.88 Å². The Bertz CT molecular complexity index is 1330. The summed E-state index contributed by atoms with van der Waals surface area (Å²) in [6, 6.07) is 3.27. The first-order chi connectivity index (χ1) is 19.0. The van der Waals surface area contributed by atoms with Gasteiger partial charge in [0.25, 0.3) is 11.8 Å². The predicted molar refractivity (Wildman–Crippen MR) is 145 cm³/mol. The van der Waals surface area contributed by atoms with Gasteiger partial charge < -0.3 is 25.4 Å². The maximum Gasteiger partial charge on any atom is 0.415 e. The van der Waals surface area contributed by atoms with Crippen LogP contribution < -0.4 is 25.6 Å². The molecule has 2 unspecified atom stereocenters. The van der Waals surface area contributed by atoms with Crippen molar-refractivity contribution in [1.29, 1.82) is 0 Å². The Morgan fingerprint density at radius 1 is 1.27 bits per heavy atom. The Labute approximate surface area is 231 Å². The Balaban J connectivity index is 1.09. The first kappa shape index (κ1) is 27.7. The third kappa shape index (κ3) is 5.70. The van der Waals surface area contributed by atoms with E-state index in [0.29, 0.717) is 50.1 Å². The zero-order valence-electron chi connectivity index (χ0n) is 23.0. The number of carbonyl (C=O) groups is 3. The van der Waals surface area contributed by atoms with Gasteiger partial charge >= 0.3 is 6.09 Å². The van der Waals surface area contributed by atoms with Crippen LogP contribution in [-0.4, -0.2) is 84.8 Å². The molecule has 1 saturated heterocycles. The van der Waals surface area contributed by atoms with Crippen molar-refractivity contribution in [2.75, 3.05) is 55.9 Å². The van der Waals surface area contributed by atoms with Crippen molar-refractivity contribution < 1.29 is 28.2 Å². The summed E-state index contributed by atoms with van der Waals surface area (Å²) >= 11 is 0. The number of fused-ring (bicyclic) bond motifs is 2. The molecule has 3 amide bonds. The Hall–Kier alpha value is -3.84. The number of halogens is 1. The summed E-state index contributed by atoms with van der Waals surface area (Å²) in [4.78, 5) is 48.3. The van der Waals surface area contributed by atoms with Crippen LogP contribution in [0.1, 0.15) is 31.4 Å². The zero-order valence-corrected chi connectivity index (χ0v) is 23.0. The molecule has 2 aliphatic heterocycles. The molecule has 2 atom stereocenters. The number of anilines is 3. The molecule has 1 aliphatic carbocycles. The maximum absolute atomic E-state index is 14.9. The highest BCUT2D eigenvalue weighted by atomic mass is 19.1. The minimum atomic E-state index is -0.729. The molecule has 0 radical (unpaired) electrons. The van der Waals surface area contributed by atoms with E-state index >= 15 is 0 Å². The number of amides is 3. The lowest BCUT2D eigenvalue weighted by atomic mass is 10.0.